The number of ether oxygens (including phenoxy) is 2. The quantitative estimate of drug-likeness (QED) is 0.837. The largest absolute Gasteiger partial charge is 0.493 e. The molecule has 0 spiro atoms. The van der Waals surface area contributed by atoms with Gasteiger partial charge in [0.15, 0.2) is 17.3 Å². The highest BCUT2D eigenvalue weighted by atomic mass is 35.5. The van der Waals surface area contributed by atoms with E-state index in [0.717, 1.165) is 5.56 Å². The normalized spacial score (nSPS) is 10.6. The van der Waals surface area contributed by atoms with Gasteiger partial charge in [0, 0.05) is 5.56 Å². The molecule has 0 aromatic heterocycles. The molecule has 1 rings (SSSR count). The third-order valence-electron chi connectivity index (χ3n) is 2.71. The third kappa shape index (κ3) is 2.60. The molecule has 0 saturated carbocycles. The molecular weight excluding hydrogens is 254 g/mol. The number of nitrogens with two attached hydrogens (primary N) is 1. The lowest BCUT2D eigenvalue weighted by atomic mass is 9.93. The summed E-state index contributed by atoms with van der Waals surface area (Å²) in [5, 5.41) is 0.406. The maximum atomic E-state index is 11.9. The molecule has 0 bridgehead atoms. The summed E-state index contributed by atoms with van der Waals surface area (Å²) in [6, 6.07) is 1.63. The second-order valence-electron chi connectivity index (χ2n) is 4.17. The van der Waals surface area contributed by atoms with E-state index in [4.69, 9.17) is 26.8 Å². The van der Waals surface area contributed by atoms with E-state index in [1.807, 2.05) is 13.8 Å². The summed E-state index contributed by atoms with van der Waals surface area (Å²) in [6.45, 7) is 3.85. The fourth-order valence-corrected chi connectivity index (χ4v) is 2.36. The van der Waals surface area contributed by atoms with Crippen molar-refractivity contribution >= 4 is 17.4 Å². The maximum Gasteiger partial charge on any atom is 0.179 e. The van der Waals surface area contributed by atoms with Crippen LogP contribution in [0.15, 0.2) is 6.07 Å². The van der Waals surface area contributed by atoms with Crippen molar-refractivity contribution in [3.05, 3.63) is 22.2 Å². The fraction of sp³-hybridized carbons (Fsp3) is 0.462. The molecule has 18 heavy (non-hydrogen) atoms. The number of methoxy groups -OCH3 is 2. The van der Waals surface area contributed by atoms with Crippen molar-refractivity contribution in [2.75, 3.05) is 20.8 Å². The molecule has 100 valence electrons. The zero-order valence-corrected chi connectivity index (χ0v) is 11.8. The van der Waals surface area contributed by atoms with Crippen LogP contribution in [0.2, 0.25) is 5.02 Å². The van der Waals surface area contributed by atoms with Gasteiger partial charge in [0.1, 0.15) is 0 Å². The number of ketones is 1. The topological polar surface area (TPSA) is 61.5 Å². The Morgan fingerprint density at radius 1 is 1.39 bits per heavy atom. The lowest BCUT2D eigenvalue weighted by Gasteiger charge is -2.18. The van der Waals surface area contributed by atoms with Crippen LogP contribution in [0.5, 0.6) is 11.5 Å². The summed E-state index contributed by atoms with van der Waals surface area (Å²) in [4.78, 5) is 11.9. The van der Waals surface area contributed by atoms with Crippen molar-refractivity contribution in [1.82, 2.24) is 0 Å². The molecule has 0 heterocycles. The minimum absolute atomic E-state index is 0.0640. The van der Waals surface area contributed by atoms with Crippen molar-refractivity contribution in [2.45, 2.75) is 19.8 Å². The van der Waals surface area contributed by atoms with Gasteiger partial charge >= 0.3 is 0 Å². The number of Topliss-reactive ketones (excluding diaryl/α,β-unsaturated/α-hetero) is 1. The number of carbonyl (C=O) groups excluding carboxylic acids is 1. The Balaban J connectivity index is 3.59. The van der Waals surface area contributed by atoms with Gasteiger partial charge in [-0.1, -0.05) is 25.4 Å². The van der Waals surface area contributed by atoms with Crippen LogP contribution in [0.3, 0.4) is 0 Å². The average Bonchev–Trinajstić information content (AvgIpc) is 2.35. The summed E-state index contributed by atoms with van der Waals surface area (Å²) >= 11 is 6.30. The number of hydrogen-bond donors (Lipinski definition) is 1. The van der Waals surface area contributed by atoms with Crippen molar-refractivity contribution in [2.24, 2.45) is 5.73 Å². The Morgan fingerprint density at radius 3 is 2.39 bits per heavy atom. The van der Waals surface area contributed by atoms with E-state index in [1.54, 1.807) is 6.07 Å². The highest BCUT2D eigenvalue weighted by Gasteiger charge is 2.23. The molecule has 0 aliphatic heterocycles. The molecule has 1 aromatic carbocycles. The standard InChI is InChI=1S/C13H18ClNO3/c1-7(2)11-8(9(16)6-15)5-10(17-3)13(18-4)12(11)14/h5,7H,6,15H2,1-4H3. The summed E-state index contributed by atoms with van der Waals surface area (Å²) in [7, 11) is 3.01. The second kappa shape index (κ2) is 6.07. The lowest BCUT2D eigenvalue weighted by Crippen LogP contribution is -2.17. The Bertz CT molecular complexity index is 458. The summed E-state index contributed by atoms with van der Waals surface area (Å²) in [5.41, 5.74) is 6.66. The predicted octanol–water partition coefficient (Wildman–Crippen LogP) is 2.62. The molecule has 0 radical (unpaired) electrons. The smallest absolute Gasteiger partial charge is 0.179 e. The maximum absolute atomic E-state index is 11.9. The molecule has 4 nitrogen and oxygen atoms in total. The molecule has 0 saturated heterocycles. The molecule has 1 aromatic rings. The fourth-order valence-electron chi connectivity index (χ4n) is 1.87. The van der Waals surface area contributed by atoms with E-state index < -0.39 is 0 Å². The van der Waals surface area contributed by atoms with Crippen LogP contribution in [0.25, 0.3) is 0 Å². The highest BCUT2D eigenvalue weighted by Crippen LogP contribution is 2.42. The van der Waals surface area contributed by atoms with Crippen LogP contribution in [0, 0.1) is 0 Å². The van der Waals surface area contributed by atoms with Crippen LogP contribution in [0.4, 0.5) is 0 Å². The van der Waals surface area contributed by atoms with Gasteiger partial charge in [-0.05, 0) is 17.5 Å². The van der Waals surface area contributed by atoms with E-state index in [1.165, 1.54) is 14.2 Å². The first-order chi connectivity index (χ1) is 8.47. The van der Waals surface area contributed by atoms with Gasteiger partial charge in [0.2, 0.25) is 0 Å². The Hall–Kier alpha value is -1.26. The van der Waals surface area contributed by atoms with Crippen LogP contribution < -0.4 is 15.2 Å². The molecule has 2 N–H and O–H groups in total. The predicted molar refractivity (Wildman–Crippen MR) is 72.0 cm³/mol. The minimum atomic E-state index is -0.165. The second-order valence-corrected chi connectivity index (χ2v) is 4.55. The van der Waals surface area contributed by atoms with Crippen LogP contribution >= 0.6 is 11.6 Å². The summed E-state index contributed by atoms with van der Waals surface area (Å²) < 4.78 is 10.4. The van der Waals surface area contributed by atoms with Gasteiger partial charge < -0.3 is 15.2 Å². The minimum Gasteiger partial charge on any atom is -0.493 e. The van der Waals surface area contributed by atoms with E-state index in [2.05, 4.69) is 0 Å². The van der Waals surface area contributed by atoms with Gasteiger partial charge in [-0.2, -0.15) is 0 Å². The molecule has 0 aliphatic carbocycles. The van der Waals surface area contributed by atoms with Crippen LogP contribution in [0.1, 0.15) is 35.7 Å². The van der Waals surface area contributed by atoms with Gasteiger partial charge in [-0.15, -0.1) is 0 Å². The molecule has 0 atom stereocenters. The van der Waals surface area contributed by atoms with Gasteiger partial charge in [0.05, 0.1) is 25.8 Å². The number of carbonyl (C=O) groups is 1. The van der Waals surface area contributed by atoms with Crippen molar-refractivity contribution in [3.8, 4) is 11.5 Å². The van der Waals surface area contributed by atoms with E-state index in [-0.39, 0.29) is 18.2 Å². The van der Waals surface area contributed by atoms with Crippen molar-refractivity contribution in [1.29, 1.82) is 0 Å². The van der Waals surface area contributed by atoms with Gasteiger partial charge in [0.25, 0.3) is 0 Å². The van der Waals surface area contributed by atoms with Crippen molar-refractivity contribution < 1.29 is 14.3 Å². The Morgan fingerprint density at radius 2 is 2.00 bits per heavy atom. The lowest BCUT2D eigenvalue weighted by molar-refractivity contribution is 0.0999. The number of rotatable bonds is 5. The Kier molecular flexibility index (Phi) is 4.99. The molecule has 0 aliphatic rings. The van der Waals surface area contributed by atoms with E-state index >= 15 is 0 Å². The van der Waals surface area contributed by atoms with Crippen LogP contribution in [-0.4, -0.2) is 26.5 Å². The van der Waals surface area contributed by atoms with Crippen LogP contribution in [-0.2, 0) is 0 Å². The summed E-state index contributed by atoms with van der Waals surface area (Å²) in [5.74, 6) is 0.796. The zero-order valence-electron chi connectivity index (χ0n) is 11.0. The van der Waals surface area contributed by atoms with Gasteiger partial charge in [-0.25, -0.2) is 0 Å². The molecular formula is C13H18ClNO3. The number of benzene rings is 1. The first kappa shape index (κ1) is 14.8. The van der Waals surface area contributed by atoms with Gasteiger partial charge in [-0.3, -0.25) is 4.79 Å². The summed E-state index contributed by atoms with van der Waals surface area (Å²) in [6.07, 6.45) is 0. The SMILES string of the molecule is COc1cc(C(=O)CN)c(C(C)C)c(Cl)c1OC. The zero-order chi connectivity index (χ0) is 13.9. The Labute approximate surface area is 112 Å². The van der Waals surface area contributed by atoms with E-state index in [9.17, 15) is 4.79 Å². The first-order valence-corrected chi connectivity index (χ1v) is 6.03. The number of hydrogen-bond acceptors (Lipinski definition) is 4. The molecule has 0 unspecified atom stereocenters. The molecule has 5 heteroatoms. The molecule has 0 amide bonds. The average molecular weight is 272 g/mol. The monoisotopic (exact) mass is 271 g/mol. The third-order valence-corrected chi connectivity index (χ3v) is 3.09. The first-order valence-electron chi connectivity index (χ1n) is 5.65. The van der Waals surface area contributed by atoms with Crippen molar-refractivity contribution in [3.63, 3.8) is 0 Å². The van der Waals surface area contributed by atoms with E-state index in [0.29, 0.717) is 22.1 Å². The number of halogens is 1. The highest BCUT2D eigenvalue weighted by molar-refractivity contribution is 6.33. The molecule has 0 fully saturated rings.